The lowest BCUT2D eigenvalue weighted by Crippen LogP contribution is -1.98. The van der Waals surface area contributed by atoms with Crippen molar-refractivity contribution in [2.75, 3.05) is 19.5 Å². The molecule has 0 amide bonds. The molecule has 16 heavy (non-hydrogen) atoms. The van der Waals surface area contributed by atoms with E-state index < -0.39 is 5.97 Å². The Bertz CT molecular complexity index is 334. The smallest absolute Gasteiger partial charge is 0.373 e. The van der Waals surface area contributed by atoms with Crippen LogP contribution in [0.15, 0.2) is 16.5 Å². The molecule has 1 aromatic heterocycles. The van der Waals surface area contributed by atoms with Crippen LogP contribution in [0, 0.1) is 0 Å². The van der Waals surface area contributed by atoms with Gasteiger partial charge in [-0.25, -0.2) is 4.79 Å². The van der Waals surface area contributed by atoms with E-state index in [0.29, 0.717) is 0 Å². The van der Waals surface area contributed by atoms with Gasteiger partial charge in [-0.1, -0.05) is 0 Å². The number of aliphatic hydroxyl groups is 1. The highest BCUT2D eigenvalue weighted by Gasteiger charge is 2.15. The van der Waals surface area contributed by atoms with E-state index in [1.807, 2.05) is 6.92 Å². The Balaban J connectivity index is 2.52. The fraction of sp³-hybridized carbons (Fsp3) is 0.545. The molecule has 0 fully saturated rings. The first-order chi connectivity index (χ1) is 7.69. The van der Waals surface area contributed by atoms with Gasteiger partial charge in [0.2, 0.25) is 5.76 Å². The average Bonchev–Trinajstić information content (AvgIpc) is 2.77. The van der Waals surface area contributed by atoms with Gasteiger partial charge >= 0.3 is 5.97 Å². The van der Waals surface area contributed by atoms with Gasteiger partial charge in [-0.2, -0.15) is 11.8 Å². The number of hydrogen-bond acceptors (Lipinski definition) is 5. The standard InChI is InChI=1S/C11H16O4S/c1-8(16-7-3-6-12)9-4-5-10(15-9)11(13)14-2/h4-5,8,12H,3,6-7H2,1-2H3. The molecule has 0 spiro atoms. The zero-order valence-corrected chi connectivity index (χ0v) is 10.3. The second-order valence-electron chi connectivity index (χ2n) is 3.28. The number of methoxy groups -OCH3 is 1. The van der Waals surface area contributed by atoms with Crippen molar-refractivity contribution in [2.24, 2.45) is 0 Å². The van der Waals surface area contributed by atoms with Gasteiger partial charge in [0.25, 0.3) is 0 Å². The third kappa shape index (κ3) is 3.57. The van der Waals surface area contributed by atoms with E-state index >= 15 is 0 Å². The van der Waals surface area contributed by atoms with Crippen LogP contribution in [0.2, 0.25) is 0 Å². The summed E-state index contributed by atoms with van der Waals surface area (Å²) in [6.07, 6.45) is 0.763. The highest BCUT2D eigenvalue weighted by Crippen LogP contribution is 2.29. The van der Waals surface area contributed by atoms with Gasteiger partial charge in [-0.3, -0.25) is 0 Å². The highest BCUT2D eigenvalue weighted by atomic mass is 32.2. The summed E-state index contributed by atoms with van der Waals surface area (Å²) in [4.78, 5) is 11.2. The van der Waals surface area contributed by atoms with E-state index in [2.05, 4.69) is 4.74 Å². The molecule has 1 unspecified atom stereocenters. The van der Waals surface area contributed by atoms with Crippen molar-refractivity contribution in [3.05, 3.63) is 23.7 Å². The molecule has 1 atom stereocenters. The number of hydrogen-bond donors (Lipinski definition) is 1. The maximum absolute atomic E-state index is 11.2. The van der Waals surface area contributed by atoms with E-state index in [1.54, 1.807) is 23.9 Å². The van der Waals surface area contributed by atoms with Crippen molar-refractivity contribution in [3.8, 4) is 0 Å². The number of ether oxygens (including phenoxy) is 1. The van der Waals surface area contributed by atoms with Gasteiger partial charge in [0.05, 0.1) is 12.4 Å². The summed E-state index contributed by atoms with van der Waals surface area (Å²) < 4.78 is 9.93. The molecule has 1 aromatic rings. The summed E-state index contributed by atoms with van der Waals surface area (Å²) in [5, 5.41) is 8.83. The Morgan fingerprint density at radius 3 is 3.00 bits per heavy atom. The van der Waals surface area contributed by atoms with Crippen molar-refractivity contribution in [2.45, 2.75) is 18.6 Å². The maximum Gasteiger partial charge on any atom is 0.373 e. The number of rotatable bonds is 6. The van der Waals surface area contributed by atoms with E-state index in [1.165, 1.54) is 7.11 Å². The molecular weight excluding hydrogens is 228 g/mol. The lowest BCUT2D eigenvalue weighted by Gasteiger charge is -2.07. The molecule has 0 aliphatic carbocycles. The third-order valence-electron chi connectivity index (χ3n) is 2.08. The SMILES string of the molecule is COC(=O)c1ccc(C(C)SCCCO)o1. The second-order valence-corrected chi connectivity index (χ2v) is 4.73. The summed E-state index contributed by atoms with van der Waals surface area (Å²) in [6.45, 7) is 2.20. The Kier molecular flexibility index (Phi) is 5.42. The van der Waals surface area contributed by atoms with E-state index in [0.717, 1.165) is 17.9 Å². The molecule has 1 N–H and O–H groups in total. The first kappa shape index (κ1) is 13.1. The van der Waals surface area contributed by atoms with Crippen LogP contribution in [0.25, 0.3) is 0 Å². The zero-order chi connectivity index (χ0) is 12.0. The molecule has 0 radical (unpaired) electrons. The lowest BCUT2D eigenvalue weighted by atomic mass is 10.3. The molecule has 1 rings (SSSR count). The number of carbonyl (C=O) groups excluding carboxylic acids is 1. The van der Waals surface area contributed by atoms with Crippen LogP contribution in [-0.2, 0) is 4.74 Å². The third-order valence-corrected chi connectivity index (χ3v) is 3.34. The van der Waals surface area contributed by atoms with Gasteiger partial charge in [0.15, 0.2) is 0 Å². The van der Waals surface area contributed by atoms with Crippen LogP contribution in [-0.4, -0.2) is 30.5 Å². The predicted octanol–water partition coefficient (Wildman–Crippen LogP) is 2.24. The summed E-state index contributed by atoms with van der Waals surface area (Å²) in [7, 11) is 1.32. The van der Waals surface area contributed by atoms with Crippen molar-refractivity contribution < 1.29 is 19.1 Å². The Hall–Kier alpha value is -0.940. The van der Waals surface area contributed by atoms with Crippen molar-refractivity contribution in [1.82, 2.24) is 0 Å². The largest absolute Gasteiger partial charge is 0.463 e. The molecule has 0 saturated heterocycles. The van der Waals surface area contributed by atoms with E-state index in [9.17, 15) is 4.79 Å². The van der Waals surface area contributed by atoms with Crippen LogP contribution < -0.4 is 0 Å². The van der Waals surface area contributed by atoms with Gasteiger partial charge in [0, 0.05) is 6.61 Å². The Labute approximate surface area is 99.0 Å². The topological polar surface area (TPSA) is 59.7 Å². The van der Waals surface area contributed by atoms with Gasteiger partial charge in [-0.15, -0.1) is 0 Å². The summed E-state index contributed by atoms with van der Waals surface area (Å²) in [5.41, 5.74) is 0. The summed E-state index contributed by atoms with van der Waals surface area (Å²) in [6, 6.07) is 3.40. The van der Waals surface area contributed by atoms with E-state index in [-0.39, 0.29) is 17.6 Å². The molecule has 0 saturated carbocycles. The van der Waals surface area contributed by atoms with Gasteiger partial charge in [0.1, 0.15) is 5.76 Å². The van der Waals surface area contributed by atoms with Crippen molar-refractivity contribution >= 4 is 17.7 Å². The first-order valence-electron chi connectivity index (χ1n) is 5.09. The first-order valence-corrected chi connectivity index (χ1v) is 6.14. The predicted molar refractivity (Wildman–Crippen MR) is 62.6 cm³/mol. The number of esters is 1. The molecule has 0 bridgehead atoms. The number of furan rings is 1. The van der Waals surface area contributed by atoms with Crippen LogP contribution >= 0.6 is 11.8 Å². The maximum atomic E-state index is 11.2. The minimum absolute atomic E-state index is 0.171. The second kappa shape index (κ2) is 6.60. The van der Waals surface area contributed by atoms with Crippen LogP contribution in [0.3, 0.4) is 0 Å². The molecule has 5 heteroatoms. The molecule has 0 aromatic carbocycles. The van der Waals surface area contributed by atoms with Crippen molar-refractivity contribution in [3.63, 3.8) is 0 Å². The van der Waals surface area contributed by atoms with Crippen LogP contribution in [0.5, 0.6) is 0 Å². The molecular formula is C11H16O4S. The minimum Gasteiger partial charge on any atom is -0.463 e. The minimum atomic E-state index is -0.459. The number of aliphatic hydroxyl groups excluding tert-OH is 1. The fourth-order valence-corrected chi connectivity index (χ4v) is 2.13. The fourth-order valence-electron chi connectivity index (χ4n) is 1.19. The summed E-state index contributed by atoms with van der Waals surface area (Å²) in [5.74, 6) is 1.39. The monoisotopic (exact) mass is 244 g/mol. The van der Waals surface area contributed by atoms with Gasteiger partial charge in [-0.05, 0) is 31.2 Å². The average molecular weight is 244 g/mol. The summed E-state index contributed by atoms with van der Waals surface area (Å²) >= 11 is 1.68. The lowest BCUT2D eigenvalue weighted by molar-refractivity contribution is 0.0563. The Morgan fingerprint density at radius 2 is 2.38 bits per heavy atom. The van der Waals surface area contributed by atoms with Crippen LogP contribution in [0.1, 0.15) is 34.9 Å². The molecule has 90 valence electrons. The molecule has 0 aliphatic rings. The zero-order valence-electron chi connectivity index (χ0n) is 9.43. The number of thioether (sulfide) groups is 1. The quantitative estimate of drug-likeness (QED) is 0.614. The van der Waals surface area contributed by atoms with E-state index in [4.69, 9.17) is 9.52 Å². The van der Waals surface area contributed by atoms with Crippen LogP contribution in [0.4, 0.5) is 0 Å². The highest BCUT2D eigenvalue weighted by molar-refractivity contribution is 7.99. The normalized spacial score (nSPS) is 12.4. The Morgan fingerprint density at radius 1 is 1.62 bits per heavy atom. The van der Waals surface area contributed by atoms with Crippen molar-refractivity contribution in [1.29, 1.82) is 0 Å². The molecule has 0 aliphatic heterocycles. The van der Waals surface area contributed by atoms with Gasteiger partial charge < -0.3 is 14.3 Å². The molecule has 4 nitrogen and oxygen atoms in total. The number of carbonyl (C=O) groups is 1. The molecule has 1 heterocycles.